The van der Waals surface area contributed by atoms with Crippen molar-refractivity contribution in [1.82, 2.24) is 5.16 Å². The maximum absolute atomic E-state index is 12.5. The number of carbonyl (C=O) groups is 2. The predicted molar refractivity (Wildman–Crippen MR) is 133 cm³/mol. The number of anilines is 1. The van der Waals surface area contributed by atoms with Crippen molar-refractivity contribution >= 4 is 29.3 Å². The molecule has 0 fully saturated rings. The van der Waals surface area contributed by atoms with Gasteiger partial charge in [0.15, 0.2) is 6.61 Å². The highest BCUT2D eigenvalue weighted by Crippen LogP contribution is 2.33. The minimum atomic E-state index is -0.616. The van der Waals surface area contributed by atoms with Gasteiger partial charge >= 0.3 is 5.97 Å². The second-order valence-electron chi connectivity index (χ2n) is 7.65. The number of para-hydroxylation sites is 1. The van der Waals surface area contributed by atoms with Gasteiger partial charge in [0.2, 0.25) is 0 Å². The van der Waals surface area contributed by atoms with Gasteiger partial charge in [-0.05, 0) is 56.3 Å². The van der Waals surface area contributed by atoms with Crippen molar-refractivity contribution in [3.8, 4) is 5.75 Å². The molecule has 0 saturated carbocycles. The number of nitrogens with one attached hydrogen (secondary N) is 1. The number of amides is 1. The third kappa shape index (κ3) is 6.51. The van der Waals surface area contributed by atoms with Gasteiger partial charge in [0.25, 0.3) is 5.91 Å². The lowest BCUT2D eigenvalue weighted by atomic mass is 10.2. The summed E-state index contributed by atoms with van der Waals surface area (Å²) in [5, 5.41) is 6.72. The van der Waals surface area contributed by atoms with Gasteiger partial charge in [-0.2, -0.15) is 0 Å². The van der Waals surface area contributed by atoms with Crippen LogP contribution in [0.4, 0.5) is 5.69 Å². The van der Waals surface area contributed by atoms with Crippen LogP contribution in [-0.4, -0.2) is 23.6 Å². The lowest BCUT2D eigenvalue weighted by Crippen LogP contribution is -2.21. The molecule has 1 N–H and O–H groups in total. The summed E-state index contributed by atoms with van der Waals surface area (Å²) in [4.78, 5) is 26.9. The number of carbonyl (C=O) groups excluding carboxylic acids is 2. The highest BCUT2D eigenvalue weighted by molar-refractivity contribution is 7.99. The van der Waals surface area contributed by atoms with E-state index in [0.717, 1.165) is 21.0 Å². The number of rotatable bonds is 9. The summed E-state index contributed by atoms with van der Waals surface area (Å²) in [7, 11) is 0. The summed E-state index contributed by atoms with van der Waals surface area (Å²) in [5.41, 5.74) is 2.55. The summed E-state index contributed by atoms with van der Waals surface area (Å²) in [5.74, 6) is 0.142. The quantitative estimate of drug-likeness (QED) is 0.297. The fourth-order valence-corrected chi connectivity index (χ4v) is 4.17. The Morgan fingerprint density at radius 1 is 0.971 bits per heavy atom. The second kappa shape index (κ2) is 11.4. The van der Waals surface area contributed by atoms with Gasteiger partial charge in [-0.25, -0.2) is 4.79 Å². The molecule has 8 heteroatoms. The molecule has 0 atom stereocenters. The summed E-state index contributed by atoms with van der Waals surface area (Å²) < 4.78 is 16.1. The van der Waals surface area contributed by atoms with Gasteiger partial charge in [-0.3, -0.25) is 4.79 Å². The average Bonchev–Trinajstić information content (AvgIpc) is 3.20. The van der Waals surface area contributed by atoms with E-state index in [-0.39, 0.29) is 12.2 Å². The molecule has 1 amide bonds. The van der Waals surface area contributed by atoms with E-state index in [2.05, 4.69) is 10.5 Å². The average molecular weight is 489 g/mol. The smallest absolute Gasteiger partial charge is 0.338 e. The molecule has 3 aromatic carbocycles. The Balaban J connectivity index is 1.32. The first-order valence-corrected chi connectivity index (χ1v) is 11.7. The van der Waals surface area contributed by atoms with E-state index in [1.165, 1.54) is 11.8 Å². The molecule has 0 bridgehead atoms. The number of aryl methyl sites for hydroxylation is 2. The van der Waals surface area contributed by atoms with Crippen LogP contribution in [0.15, 0.2) is 93.2 Å². The summed E-state index contributed by atoms with van der Waals surface area (Å²) in [6.07, 6.45) is 0. The number of aromatic nitrogens is 1. The number of nitrogens with zero attached hydrogens (tertiary/aromatic N) is 1. The Bertz CT molecular complexity index is 1300. The van der Waals surface area contributed by atoms with Crippen LogP contribution in [0.5, 0.6) is 5.75 Å². The van der Waals surface area contributed by atoms with Crippen LogP contribution in [0.1, 0.15) is 27.4 Å². The highest BCUT2D eigenvalue weighted by Gasteiger charge is 2.14. The Morgan fingerprint density at radius 3 is 2.51 bits per heavy atom. The zero-order valence-corrected chi connectivity index (χ0v) is 20.1. The van der Waals surface area contributed by atoms with E-state index in [0.29, 0.717) is 17.2 Å². The number of benzene rings is 3. The monoisotopic (exact) mass is 488 g/mol. The van der Waals surface area contributed by atoms with Gasteiger partial charge in [0.1, 0.15) is 18.1 Å². The predicted octanol–water partition coefficient (Wildman–Crippen LogP) is 5.82. The first kappa shape index (κ1) is 24.1. The van der Waals surface area contributed by atoms with E-state index in [1.54, 1.807) is 24.3 Å². The van der Waals surface area contributed by atoms with Crippen molar-refractivity contribution in [2.45, 2.75) is 30.2 Å². The molecule has 1 aromatic heterocycles. The summed E-state index contributed by atoms with van der Waals surface area (Å²) >= 11 is 1.54. The topological polar surface area (TPSA) is 90.7 Å². The lowest BCUT2D eigenvalue weighted by Gasteiger charge is -2.11. The van der Waals surface area contributed by atoms with Gasteiger partial charge < -0.3 is 19.3 Å². The van der Waals surface area contributed by atoms with Crippen LogP contribution in [-0.2, 0) is 16.1 Å². The largest absolute Gasteiger partial charge is 0.489 e. The van der Waals surface area contributed by atoms with Crippen LogP contribution < -0.4 is 10.1 Å². The molecule has 178 valence electrons. The molecule has 7 nitrogen and oxygen atoms in total. The second-order valence-corrected chi connectivity index (χ2v) is 8.77. The first-order chi connectivity index (χ1) is 17.0. The van der Waals surface area contributed by atoms with Crippen molar-refractivity contribution in [2.24, 2.45) is 0 Å². The maximum Gasteiger partial charge on any atom is 0.338 e. The summed E-state index contributed by atoms with van der Waals surface area (Å²) in [6.45, 7) is 3.51. The molecule has 0 spiro atoms. The van der Waals surface area contributed by atoms with Gasteiger partial charge in [0.05, 0.1) is 22.5 Å². The van der Waals surface area contributed by atoms with Crippen molar-refractivity contribution in [3.05, 3.63) is 101 Å². The number of hydrogen-bond acceptors (Lipinski definition) is 7. The molecule has 1 heterocycles. The van der Waals surface area contributed by atoms with Crippen LogP contribution in [0.2, 0.25) is 0 Å². The molecule has 4 rings (SSSR count). The summed E-state index contributed by atoms with van der Waals surface area (Å²) in [6, 6.07) is 23.9. The molecular weight excluding hydrogens is 464 g/mol. The van der Waals surface area contributed by atoms with Crippen molar-refractivity contribution in [3.63, 3.8) is 0 Å². The molecular formula is C27H24N2O5S. The van der Waals surface area contributed by atoms with Crippen LogP contribution in [0, 0.1) is 13.8 Å². The minimum Gasteiger partial charge on any atom is -0.489 e. The zero-order chi connectivity index (χ0) is 24.6. The molecule has 35 heavy (non-hydrogen) atoms. The Morgan fingerprint density at radius 2 is 1.74 bits per heavy atom. The third-order valence-electron chi connectivity index (χ3n) is 5.10. The van der Waals surface area contributed by atoms with Gasteiger partial charge in [-0.15, -0.1) is 0 Å². The van der Waals surface area contributed by atoms with Gasteiger partial charge in [-0.1, -0.05) is 53.3 Å². The molecule has 0 radical (unpaired) electrons. The van der Waals surface area contributed by atoms with Crippen LogP contribution in [0.25, 0.3) is 0 Å². The van der Waals surface area contributed by atoms with E-state index >= 15 is 0 Å². The lowest BCUT2D eigenvalue weighted by molar-refractivity contribution is -0.119. The Hall–Kier alpha value is -4.04. The maximum atomic E-state index is 12.5. The Labute approximate surface area is 207 Å². The molecule has 0 unspecified atom stereocenters. The molecule has 0 aliphatic carbocycles. The van der Waals surface area contributed by atoms with E-state index in [1.807, 2.05) is 68.4 Å². The molecule has 0 aliphatic rings. The number of hydrogen-bond donors (Lipinski definition) is 1. The van der Waals surface area contributed by atoms with Crippen molar-refractivity contribution < 1.29 is 23.6 Å². The standard InChI is InChI=1S/C27H24N2O5S/c1-18-23(19(2)34-29-18)16-32-21-10-8-9-20(15-21)27(31)33-17-26(30)28-24-13-6-7-14-25(24)35-22-11-4-3-5-12-22/h3-15H,16-17H2,1-2H3,(H,28,30). The fraction of sp³-hybridized carbons (Fsp3) is 0.148. The van der Waals surface area contributed by atoms with Gasteiger partial charge in [0, 0.05) is 9.79 Å². The third-order valence-corrected chi connectivity index (χ3v) is 6.18. The molecule has 4 aromatic rings. The number of esters is 1. The zero-order valence-electron chi connectivity index (χ0n) is 19.3. The normalized spacial score (nSPS) is 10.6. The minimum absolute atomic E-state index is 0.266. The first-order valence-electron chi connectivity index (χ1n) is 10.9. The van der Waals surface area contributed by atoms with E-state index < -0.39 is 18.5 Å². The highest BCUT2D eigenvalue weighted by atomic mass is 32.2. The van der Waals surface area contributed by atoms with Crippen molar-refractivity contribution in [2.75, 3.05) is 11.9 Å². The number of ether oxygens (including phenoxy) is 2. The molecule has 0 saturated heterocycles. The fourth-order valence-electron chi connectivity index (χ4n) is 3.25. The SMILES string of the molecule is Cc1noc(C)c1COc1cccc(C(=O)OCC(=O)Nc2ccccc2Sc2ccccc2)c1. The van der Waals surface area contributed by atoms with Crippen LogP contribution in [0.3, 0.4) is 0 Å². The van der Waals surface area contributed by atoms with E-state index in [9.17, 15) is 9.59 Å². The van der Waals surface area contributed by atoms with Crippen molar-refractivity contribution in [1.29, 1.82) is 0 Å². The van der Waals surface area contributed by atoms with E-state index in [4.69, 9.17) is 14.0 Å². The molecule has 0 aliphatic heterocycles. The Kier molecular flexibility index (Phi) is 7.84. The van der Waals surface area contributed by atoms with Crippen LogP contribution >= 0.6 is 11.8 Å².